The first-order chi connectivity index (χ1) is 6.56. The van der Waals surface area contributed by atoms with Gasteiger partial charge in [-0.05, 0) is 47.7 Å². The highest BCUT2D eigenvalue weighted by Crippen LogP contribution is 2.17. The molecule has 72 valence electrons. The van der Waals surface area contributed by atoms with Crippen LogP contribution in [0, 0.1) is 26.6 Å². The molecule has 14 heavy (non-hydrogen) atoms. The third kappa shape index (κ3) is 2.29. The lowest BCUT2D eigenvalue weighted by Gasteiger charge is -2.04. The first-order valence-electron chi connectivity index (χ1n) is 3.95. The van der Waals surface area contributed by atoms with Gasteiger partial charge in [-0.15, -0.1) is 0 Å². The molecule has 0 saturated heterocycles. The number of carbonyl (C=O) groups is 1. The summed E-state index contributed by atoms with van der Waals surface area (Å²) >= 11 is 1.88. The third-order valence-electron chi connectivity index (χ3n) is 1.78. The molecule has 2 nitrogen and oxygen atoms in total. The van der Waals surface area contributed by atoms with Crippen molar-refractivity contribution in [2.75, 3.05) is 0 Å². The summed E-state index contributed by atoms with van der Waals surface area (Å²) in [6, 6.07) is 5.77. The van der Waals surface area contributed by atoms with Crippen LogP contribution >= 0.6 is 22.6 Å². The van der Waals surface area contributed by atoms with Gasteiger partial charge in [-0.25, -0.2) is 4.39 Å². The number of ketones is 1. The van der Waals surface area contributed by atoms with Crippen molar-refractivity contribution in [3.8, 4) is 6.07 Å². The topological polar surface area (TPSA) is 40.9 Å². The van der Waals surface area contributed by atoms with E-state index in [1.807, 2.05) is 28.7 Å². The van der Waals surface area contributed by atoms with Crippen molar-refractivity contribution in [1.29, 1.82) is 5.26 Å². The number of hydrogen-bond donors (Lipinski definition) is 0. The third-order valence-corrected chi connectivity index (χ3v) is 2.68. The normalized spacial score (nSPS) is 11.9. The van der Waals surface area contributed by atoms with Crippen LogP contribution in [0.2, 0.25) is 0 Å². The van der Waals surface area contributed by atoms with Crippen LogP contribution in [0.4, 0.5) is 4.39 Å². The van der Waals surface area contributed by atoms with E-state index in [0.29, 0.717) is 9.13 Å². The Bertz CT molecular complexity index is 411. The van der Waals surface area contributed by atoms with Gasteiger partial charge in [0.25, 0.3) is 0 Å². The van der Waals surface area contributed by atoms with Crippen molar-refractivity contribution in [2.45, 2.75) is 6.92 Å². The van der Waals surface area contributed by atoms with Crippen molar-refractivity contribution < 1.29 is 9.18 Å². The summed E-state index contributed by atoms with van der Waals surface area (Å²) in [7, 11) is 0. The van der Waals surface area contributed by atoms with Crippen molar-refractivity contribution in [3.05, 3.63) is 33.1 Å². The number of benzene rings is 1. The maximum absolute atomic E-state index is 12.7. The van der Waals surface area contributed by atoms with E-state index < -0.39 is 5.92 Å². The van der Waals surface area contributed by atoms with Gasteiger partial charge in [-0.1, -0.05) is 0 Å². The van der Waals surface area contributed by atoms with Gasteiger partial charge in [-0.2, -0.15) is 5.26 Å². The van der Waals surface area contributed by atoms with Crippen molar-refractivity contribution in [1.82, 2.24) is 0 Å². The molecule has 4 heteroatoms. The highest BCUT2D eigenvalue weighted by Gasteiger charge is 2.17. The molecular formula is C10H7FINO. The van der Waals surface area contributed by atoms with Crippen LogP contribution < -0.4 is 0 Å². The van der Waals surface area contributed by atoms with Gasteiger partial charge in [-0.3, -0.25) is 4.79 Å². The van der Waals surface area contributed by atoms with Gasteiger partial charge in [0.2, 0.25) is 0 Å². The molecule has 0 aromatic heterocycles. The van der Waals surface area contributed by atoms with E-state index in [-0.39, 0.29) is 11.6 Å². The minimum Gasteiger partial charge on any atom is -0.293 e. The number of nitrogens with zero attached hydrogens (tertiary/aromatic N) is 1. The fraction of sp³-hybridized carbons (Fsp3) is 0.200. The van der Waals surface area contributed by atoms with Crippen LogP contribution in [0.15, 0.2) is 18.2 Å². The second-order valence-electron chi connectivity index (χ2n) is 2.84. The van der Waals surface area contributed by atoms with Gasteiger partial charge >= 0.3 is 0 Å². The first kappa shape index (κ1) is 11.1. The molecule has 0 radical (unpaired) electrons. The predicted octanol–water partition coefficient (Wildman–Crippen LogP) is 2.77. The molecule has 1 aromatic carbocycles. The monoisotopic (exact) mass is 303 g/mol. The Labute approximate surface area is 94.9 Å². The van der Waals surface area contributed by atoms with Crippen LogP contribution in [-0.4, -0.2) is 5.78 Å². The van der Waals surface area contributed by atoms with Crippen molar-refractivity contribution >= 4 is 28.4 Å². The number of nitriles is 1. The van der Waals surface area contributed by atoms with E-state index >= 15 is 0 Å². The Hall–Kier alpha value is -0.960. The SMILES string of the molecule is CC(C#N)C(=O)c1ccc(F)cc1I. The zero-order chi connectivity index (χ0) is 10.7. The molecule has 1 aromatic rings. The molecule has 0 heterocycles. The number of hydrogen-bond acceptors (Lipinski definition) is 2. The maximum Gasteiger partial charge on any atom is 0.180 e. The average molecular weight is 303 g/mol. The largest absolute Gasteiger partial charge is 0.293 e. The van der Waals surface area contributed by atoms with Gasteiger partial charge in [0.15, 0.2) is 5.78 Å². The Morgan fingerprint density at radius 1 is 1.64 bits per heavy atom. The van der Waals surface area contributed by atoms with E-state index in [2.05, 4.69) is 0 Å². The number of carbonyl (C=O) groups excluding carboxylic acids is 1. The van der Waals surface area contributed by atoms with Crippen molar-refractivity contribution in [2.24, 2.45) is 5.92 Å². The summed E-state index contributed by atoms with van der Waals surface area (Å²) in [6.45, 7) is 1.53. The highest BCUT2D eigenvalue weighted by molar-refractivity contribution is 14.1. The Morgan fingerprint density at radius 2 is 2.29 bits per heavy atom. The molecular weight excluding hydrogens is 296 g/mol. The molecule has 0 aliphatic heterocycles. The predicted molar refractivity (Wildman–Crippen MR) is 58.2 cm³/mol. The highest BCUT2D eigenvalue weighted by atomic mass is 127. The minimum atomic E-state index is -0.686. The van der Waals surface area contributed by atoms with Crippen LogP contribution in [0.5, 0.6) is 0 Å². The zero-order valence-electron chi connectivity index (χ0n) is 7.42. The first-order valence-corrected chi connectivity index (χ1v) is 5.03. The van der Waals surface area contributed by atoms with E-state index in [4.69, 9.17) is 5.26 Å². The van der Waals surface area contributed by atoms with Gasteiger partial charge in [0.1, 0.15) is 11.7 Å². The number of halogens is 2. The summed E-state index contributed by atoms with van der Waals surface area (Å²) in [6.07, 6.45) is 0. The molecule has 0 aliphatic carbocycles. The molecule has 0 saturated carbocycles. The zero-order valence-corrected chi connectivity index (χ0v) is 9.58. The summed E-state index contributed by atoms with van der Waals surface area (Å²) in [5.74, 6) is -1.33. The molecule has 0 amide bonds. The average Bonchev–Trinajstić information content (AvgIpc) is 2.15. The molecule has 0 N–H and O–H groups in total. The van der Waals surface area contributed by atoms with Gasteiger partial charge in [0, 0.05) is 9.13 Å². The summed E-state index contributed by atoms with van der Waals surface area (Å²) in [5, 5.41) is 8.56. The lowest BCUT2D eigenvalue weighted by atomic mass is 10.0. The van der Waals surface area contributed by atoms with Crippen molar-refractivity contribution in [3.63, 3.8) is 0 Å². The Kier molecular flexibility index (Phi) is 3.58. The standard InChI is InChI=1S/C10H7FINO/c1-6(5-13)10(14)8-3-2-7(11)4-9(8)12/h2-4,6H,1H3. The van der Waals surface area contributed by atoms with Crippen LogP contribution in [0.1, 0.15) is 17.3 Å². The maximum atomic E-state index is 12.7. The summed E-state index contributed by atoms with van der Waals surface area (Å²) in [5.41, 5.74) is 0.404. The van der Waals surface area contributed by atoms with Gasteiger partial charge in [0.05, 0.1) is 6.07 Å². The lowest BCUT2D eigenvalue weighted by molar-refractivity contribution is 0.0955. The Morgan fingerprint density at radius 3 is 2.79 bits per heavy atom. The molecule has 0 bridgehead atoms. The summed E-state index contributed by atoms with van der Waals surface area (Å²) < 4.78 is 13.2. The van der Waals surface area contributed by atoms with E-state index in [9.17, 15) is 9.18 Å². The molecule has 1 atom stereocenters. The molecule has 0 fully saturated rings. The van der Waals surface area contributed by atoms with E-state index in [0.717, 1.165) is 0 Å². The minimum absolute atomic E-state index is 0.267. The summed E-state index contributed by atoms with van der Waals surface area (Å²) in [4.78, 5) is 11.6. The fourth-order valence-electron chi connectivity index (χ4n) is 0.981. The molecule has 1 unspecified atom stereocenters. The molecule has 1 rings (SSSR count). The number of rotatable bonds is 2. The lowest BCUT2D eigenvalue weighted by Crippen LogP contribution is -2.10. The van der Waals surface area contributed by atoms with E-state index in [1.165, 1.54) is 25.1 Å². The second kappa shape index (κ2) is 4.51. The molecule has 0 spiro atoms. The quantitative estimate of drug-likeness (QED) is 0.622. The van der Waals surface area contributed by atoms with Crippen LogP contribution in [-0.2, 0) is 0 Å². The van der Waals surface area contributed by atoms with E-state index in [1.54, 1.807) is 0 Å². The van der Waals surface area contributed by atoms with Crippen LogP contribution in [0.25, 0.3) is 0 Å². The van der Waals surface area contributed by atoms with Crippen LogP contribution in [0.3, 0.4) is 0 Å². The van der Waals surface area contributed by atoms with Gasteiger partial charge < -0.3 is 0 Å². The number of Topliss-reactive ketones (excluding diaryl/α,β-unsaturated/α-hetero) is 1. The second-order valence-corrected chi connectivity index (χ2v) is 4.00. The fourth-order valence-corrected chi connectivity index (χ4v) is 1.72. The smallest absolute Gasteiger partial charge is 0.180 e. The molecule has 0 aliphatic rings. The Balaban J connectivity index is 3.09.